The van der Waals surface area contributed by atoms with Crippen molar-refractivity contribution in [3.63, 3.8) is 0 Å². The fraction of sp³-hybridized carbons (Fsp3) is 0.452. The minimum atomic E-state index is -0.782. The van der Waals surface area contributed by atoms with E-state index in [1.54, 1.807) is 12.1 Å². The van der Waals surface area contributed by atoms with Crippen molar-refractivity contribution in [2.24, 2.45) is 5.92 Å². The fourth-order valence-corrected chi connectivity index (χ4v) is 7.60. The number of carbonyl (C=O) groups excluding carboxylic acids is 2. The molecule has 0 aliphatic carbocycles. The van der Waals surface area contributed by atoms with Gasteiger partial charge in [0.05, 0.1) is 17.3 Å². The van der Waals surface area contributed by atoms with Crippen LogP contribution >= 0.6 is 0 Å². The number of amides is 2. The van der Waals surface area contributed by atoms with Gasteiger partial charge in [-0.1, -0.05) is 61.0 Å². The van der Waals surface area contributed by atoms with Crippen molar-refractivity contribution in [1.29, 1.82) is 0 Å². The number of carbonyl (C=O) groups is 2. The van der Waals surface area contributed by atoms with Gasteiger partial charge in [-0.3, -0.25) is 14.9 Å². The molecule has 3 heterocycles. The van der Waals surface area contributed by atoms with Crippen LogP contribution in [0.1, 0.15) is 69.5 Å². The molecule has 2 saturated heterocycles. The minimum Gasteiger partial charge on any atom is -0.506 e. The smallest absolute Gasteiger partial charge is 0.411 e. The number of benzene rings is 3. The average molecular weight is 724 g/mol. The Kier molecular flexibility index (Phi) is 13.5. The third kappa shape index (κ3) is 10.7. The van der Waals surface area contributed by atoms with Crippen molar-refractivity contribution in [1.82, 2.24) is 20.1 Å². The summed E-state index contributed by atoms with van der Waals surface area (Å²) in [6.45, 7) is 5.63. The van der Waals surface area contributed by atoms with Gasteiger partial charge in [-0.15, -0.1) is 0 Å². The molecule has 53 heavy (non-hydrogen) atoms. The highest BCUT2D eigenvalue weighted by atomic mass is 16.6. The molecule has 3 aromatic carbocycles. The van der Waals surface area contributed by atoms with Gasteiger partial charge >= 0.3 is 6.09 Å². The molecule has 282 valence electrons. The molecule has 0 spiro atoms. The van der Waals surface area contributed by atoms with Crippen LogP contribution < -0.4 is 16.2 Å². The number of phenolic OH excluding ortho intramolecular Hbond substituents is 1. The molecule has 2 aliphatic rings. The van der Waals surface area contributed by atoms with Crippen LogP contribution in [-0.2, 0) is 9.53 Å². The lowest BCUT2D eigenvalue weighted by Crippen LogP contribution is -2.41. The monoisotopic (exact) mass is 723 g/mol. The van der Waals surface area contributed by atoms with Crippen molar-refractivity contribution in [2.75, 3.05) is 51.1 Å². The van der Waals surface area contributed by atoms with Crippen LogP contribution in [-0.4, -0.2) is 88.9 Å². The predicted octanol–water partition coefficient (Wildman–Crippen LogP) is 6.43. The zero-order valence-corrected chi connectivity index (χ0v) is 30.5. The number of hydrogen-bond acceptors (Lipinski definition) is 8. The number of rotatable bonds is 15. The number of piperidine rings is 2. The molecule has 1 aromatic heterocycles. The Bertz CT molecular complexity index is 1850. The lowest BCUT2D eigenvalue weighted by Gasteiger charge is -2.35. The Morgan fingerprint density at radius 3 is 2.42 bits per heavy atom. The second-order valence-corrected chi connectivity index (χ2v) is 14.4. The highest BCUT2D eigenvalue weighted by Crippen LogP contribution is 2.30. The average Bonchev–Trinajstić information content (AvgIpc) is 3.18. The number of aromatic amines is 1. The highest BCUT2D eigenvalue weighted by Gasteiger charge is 2.26. The van der Waals surface area contributed by atoms with Gasteiger partial charge in [-0.2, -0.15) is 0 Å². The summed E-state index contributed by atoms with van der Waals surface area (Å²) in [6, 6.07) is 24.0. The molecule has 0 saturated carbocycles. The Hall–Kier alpha value is -4.71. The second-order valence-electron chi connectivity index (χ2n) is 14.4. The Morgan fingerprint density at radius 1 is 0.868 bits per heavy atom. The van der Waals surface area contributed by atoms with Gasteiger partial charge in [-0.05, 0) is 93.3 Å². The third-order valence-corrected chi connectivity index (χ3v) is 10.7. The van der Waals surface area contributed by atoms with Crippen LogP contribution in [0.3, 0.4) is 0 Å². The largest absolute Gasteiger partial charge is 0.506 e. The van der Waals surface area contributed by atoms with E-state index < -0.39 is 12.2 Å². The van der Waals surface area contributed by atoms with Crippen LogP contribution in [0.25, 0.3) is 22.0 Å². The van der Waals surface area contributed by atoms with Gasteiger partial charge in [0.25, 0.3) is 0 Å². The van der Waals surface area contributed by atoms with Crippen molar-refractivity contribution >= 4 is 28.6 Å². The molecule has 2 aliphatic heterocycles. The molecule has 4 aromatic rings. The van der Waals surface area contributed by atoms with E-state index in [-0.39, 0.29) is 23.3 Å². The maximum Gasteiger partial charge on any atom is 0.411 e. The topological polar surface area (TPSA) is 147 Å². The van der Waals surface area contributed by atoms with Crippen molar-refractivity contribution in [2.45, 2.75) is 70.0 Å². The standard InChI is InChI=1S/C42H53N5O6/c48-37-16-14-34(35-15-17-39(50)45-41(35)37)38(49)29-43-23-8-2-5-13-40(51)47-27-19-30(20-28-47)18-24-46-25-21-32(22-26-46)53-42(52)44-36-12-7-6-11-33(36)31-9-3-1-4-10-31/h1,3-4,6-7,9-12,14-17,30,32,38,43,48-49H,2,5,8,13,18-29H2,(H,44,52)(H,45,50). The minimum absolute atomic E-state index is 0.0261. The number of ether oxygens (including phenoxy) is 1. The fourth-order valence-electron chi connectivity index (χ4n) is 7.60. The molecule has 6 rings (SSSR count). The number of phenols is 1. The summed E-state index contributed by atoms with van der Waals surface area (Å²) in [6.07, 6.45) is 6.89. The number of H-pyrrole nitrogens is 1. The van der Waals surface area contributed by atoms with Gasteiger partial charge in [0.1, 0.15) is 11.9 Å². The van der Waals surface area contributed by atoms with E-state index >= 15 is 0 Å². The third-order valence-electron chi connectivity index (χ3n) is 10.7. The summed E-state index contributed by atoms with van der Waals surface area (Å²) >= 11 is 0. The summed E-state index contributed by atoms with van der Waals surface area (Å²) in [5, 5.41) is 27.7. The molecule has 2 fully saturated rings. The Balaban J connectivity index is 0.798. The molecule has 1 atom stereocenters. The van der Waals surface area contributed by atoms with Crippen LogP contribution in [0.4, 0.5) is 10.5 Å². The maximum absolute atomic E-state index is 12.9. The first kappa shape index (κ1) is 38.0. The normalized spacial score (nSPS) is 16.4. The number of nitrogens with one attached hydrogen (secondary N) is 3. The van der Waals surface area contributed by atoms with E-state index in [0.29, 0.717) is 35.3 Å². The number of pyridine rings is 1. The number of anilines is 1. The quantitative estimate of drug-likeness (QED) is 0.0883. The van der Waals surface area contributed by atoms with E-state index in [1.165, 1.54) is 12.1 Å². The lowest BCUT2D eigenvalue weighted by atomic mass is 9.92. The summed E-state index contributed by atoms with van der Waals surface area (Å²) in [4.78, 5) is 44.4. The number of aromatic hydroxyl groups is 1. The van der Waals surface area contributed by atoms with Gasteiger partial charge in [0.15, 0.2) is 0 Å². The van der Waals surface area contributed by atoms with Crippen LogP contribution in [0.15, 0.2) is 83.7 Å². The first-order valence-electron chi connectivity index (χ1n) is 19.2. The van der Waals surface area contributed by atoms with E-state index in [1.807, 2.05) is 59.5 Å². The number of aliphatic hydroxyl groups is 1. The van der Waals surface area contributed by atoms with Gasteiger partial charge in [0, 0.05) is 56.2 Å². The number of nitrogens with zero attached hydrogens (tertiary/aromatic N) is 2. The van der Waals surface area contributed by atoms with E-state index in [4.69, 9.17) is 4.74 Å². The lowest BCUT2D eigenvalue weighted by molar-refractivity contribution is -0.132. The van der Waals surface area contributed by atoms with Crippen LogP contribution in [0, 0.1) is 5.92 Å². The zero-order chi connectivity index (χ0) is 37.0. The van der Waals surface area contributed by atoms with Crippen LogP contribution in [0.2, 0.25) is 0 Å². The number of unbranched alkanes of at least 4 members (excludes halogenated alkanes) is 2. The van der Waals surface area contributed by atoms with Crippen molar-refractivity contribution in [3.8, 4) is 16.9 Å². The Labute approximate surface area is 311 Å². The molecule has 11 heteroatoms. The number of aromatic nitrogens is 1. The summed E-state index contributed by atoms with van der Waals surface area (Å²) < 4.78 is 5.82. The van der Waals surface area contributed by atoms with Crippen molar-refractivity contribution < 1.29 is 24.5 Å². The zero-order valence-electron chi connectivity index (χ0n) is 30.5. The van der Waals surface area contributed by atoms with Crippen LogP contribution in [0.5, 0.6) is 5.75 Å². The molecule has 0 radical (unpaired) electrons. The molecule has 11 nitrogen and oxygen atoms in total. The summed E-state index contributed by atoms with van der Waals surface area (Å²) in [5.41, 5.74) is 3.42. The first-order chi connectivity index (χ1) is 25.8. The molecular formula is C42H53N5O6. The first-order valence-corrected chi connectivity index (χ1v) is 19.2. The second kappa shape index (κ2) is 18.9. The van der Waals surface area contributed by atoms with E-state index in [0.717, 1.165) is 107 Å². The van der Waals surface area contributed by atoms with E-state index in [9.17, 15) is 24.6 Å². The molecule has 2 amide bonds. The molecule has 1 unspecified atom stereocenters. The molecular weight excluding hydrogens is 670 g/mol. The number of fused-ring (bicyclic) bond motifs is 1. The van der Waals surface area contributed by atoms with Crippen molar-refractivity contribution in [3.05, 3.63) is 94.8 Å². The van der Waals surface area contributed by atoms with Gasteiger partial charge < -0.3 is 35.1 Å². The van der Waals surface area contributed by atoms with Gasteiger partial charge in [0.2, 0.25) is 11.5 Å². The molecule has 0 bridgehead atoms. The summed E-state index contributed by atoms with van der Waals surface area (Å²) in [5.74, 6) is 0.854. The number of hydrogen-bond donors (Lipinski definition) is 5. The summed E-state index contributed by atoms with van der Waals surface area (Å²) in [7, 11) is 0. The number of aliphatic hydroxyl groups excluding tert-OH is 1. The predicted molar refractivity (Wildman–Crippen MR) is 208 cm³/mol. The highest BCUT2D eigenvalue weighted by molar-refractivity contribution is 5.91. The number of likely N-dealkylation sites (tertiary alicyclic amines) is 2. The maximum atomic E-state index is 12.9. The Morgan fingerprint density at radius 2 is 1.62 bits per heavy atom. The molecule has 5 N–H and O–H groups in total. The van der Waals surface area contributed by atoms with Gasteiger partial charge in [-0.25, -0.2) is 4.79 Å². The van der Waals surface area contributed by atoms with E-state index in [2.05, 4.69) is 20.5 Å². The SMILES string of the molecule is O=C(Nc1ccccc1-c1ccccc1)OC1CCN(CCC2CCN(C(=O)CCCCCNCC(O)c3ccc(O)c4[nH]c(=O)ccc34)CC2)CC1. The number of para-hydroxylation sites is 1.